The van der Waals surface area contributed by atoms with Gasteiger partial charge in [-0.1, -0.05) is 85.5 Å². The fourth-order valence-corrected chi connectivity index (χ4v) is 2.64. The normalized spacial score (nSPS) is 13.4. The van der Waals surface area contributed by atoms with Crippen LogP contribution < -0.4 is 0 Å². The van der Waals surface area contributed by atoms with E-state index < -0.39 is 0 Å². The van der Waals surface area contributed by atoms with E-state index in [-0.39, 0.29) is 0 Å². The molecule has 0 spiro atoms. The van der Waals surface area contributed by atoms with E-state index in [2.05, 4.69) is 27.7 Å². The third-order valence-corrected chi connectivity index (χ3v) is 3.48. The number of rotatable bonds is 10. The first-order chi connectivity index (χ1) is 7.24. The smallest absolute Gasteiger partial charge is 0.0414 e. The summed E-state index contributed by atoms with van der Waals surface area (Å²) in [4.78, 5) is 0. The lowest BCUT2D eigenvalue weighted by molar-refractivity contribution is 0.368. The minimum Gasteiger partial charge on any atom is -0.0654 e. The molecule has 0 aliphatic heterocycles. The lowest BCUT2D eigenvalue weighted by Gasteiger charge is -2.16. The van der Waals surface area contributed by atoms with Gasteiger partial charge in [0, 0.05) is 0 Å². The summed E-state index contributed by atoms with van der Waals surface area (Å²) in [5, 5.41) is 0. The molecule has 92 valence electrons. The third-order valence-electron chi connectivity index (χ3n) is 3.48. The van der Waals surface area contributed by atoms with E-state index in [4.69, 9.17) is 0 Å². The van der Waals surface area contributed by atoms with Crippen molar-refractivity contribution in [2.75, 3.05) is 0 Å². The average molecular weight is 212 g/mol. The molecule has 0 aromatic carbocycles. The molecule has 0 saturated carbocycles. The zero-order chi connectivity index (χ0) is 11.5. The Morgan fingerprint density at radius 1 is 0.667 bits per heavy atom. The van der Waals surface area contributed by atoms with Gasteiger partial charge in [-0.15, -0.1) is 0 Å². The zero-order valence-electron chi connectivity index (χ0n) is 11.5. The Labute approximate surface area is 97.8 Å². The topological polar surface area (TPSA) is 0 Å². The predicted molar refractivity (Wildman–Crippen MR) is 71.2 cm³/mol. The van der Waals surface area contributed by atoms with Gasteiger partial charge in [0.05, 0.1) is 0 Å². The number of hydrogen-bond donors (Lipinski definition) is 0. The standard InChI is InChI=1S/C15H32/c1-5-9-14(4)12-8-13-15(10-6-2)11-7-3/h14-15H,5-13H2,1-4H3. The third kappa shape index (κ3) is 8.96. The van der Waals surface area contributed by atoms with Crippen LogP contribution in [0.5, 0.6) is 0 Å². The highest BCUT2D eigenvalue weighted by Gasteiger charge is 2.07. The molecule has 0 aliphatic carbocycles. The fourth-order valence-electron chi connectivity index (χ4n) is 2.64. The van der Waals surface area contributed by atoms with Crippen LogP contribution >= 0.6 is 0 Å². The van der Waals surface area contributed by atoms with Gasteiger partial charge in [0.25, 0.3) is 0 Å². The van der Waals surface area contributed by atoms with Crippen molar-refractivity contribution in [3.8, 4) is 0 Å². The van der Waals surface area contributed by atoms with Gasteiger partial charge >= 0.3 is 0 Å². The summed E-state index contributed by atoms with van der Waals surface area (Å²) in [6, 6.07) is 0. The SMILES string of the molecule is CCCC(C)CCCC(CCC)CCC. The monoisotopic (exact) mass is 212 g/mol. The summed E-state index contributed by atoms with van der Waals surface area (Å²) in [6.45, 7) is 9.36. The van der Waals surface area contributed by atoms with Crippen molar-refractivity contribution < 1.29 is 0 Å². The summed E-state index contributed by atoms with van der Waals surface area (Å²) in [5.74, 6) is 1.98. The van der Waals surface area contributed by atoms with Gasteiger partial charge < -0.3 is 0 Å². The van der Waals surface area contributed by atoms with Crippen LogP contribution in [0.15, 0.2) is 0 Å². The van der Waals surface area contributed by atoms with Crippen LogP contribution in [-0.2, 0) is 0 Å². The van der Waals surface area contributed by atoms with E-state index in [9.17, 15) is 0 Å². The van der Waals surface area contributed by atoms with Crippen LogP contribution in [0.4, 0.5) is 0 Å². The molecule has 0 N–H and O–H groups in total. The molecule has 0 fully saturated rings. The van der Waals surface area contributed by atoms with Crippen molar-refractivity contribution in [2.45, 2.75) is 85.5 Å². The Morgan fingerprint density at radius 2 is 1.20 bits per heavy atom. The van der Waals surface area contributed by atoms with Crippen molar-refractivity contribution in [1.82, 2.24) is 0 Å². The zero-order valence-corrected chi connectivity index (χ0v) is 11.5. The molecule has 0 radical (unpaired) electrons. The van der Waals surface area contributed by atoms with E-state index in [0.29, 0.717) is 0 Å². The van der Waals surface area contributed by atoms with E-state index >= 15 is 0 Å². The molecular weight excluding hydrogens is 180 g/mol. The molecular formula is C15H32. The fraction of sp³-hybridized carbons (Fsp3) is 1.00. The molecule has 0 aliphatic rings. The molecule has 0 amide bonds. The summed E-state index contributed by atoms with van der Waals surface area (Å²) in [7, 11) is 0. The maximum Gasteiger partial charge on any atom is -0.0414 e. The highest BCUT2D eigenvalue weighted by Crippen LogP contribution is 2.22. The summed E-state index contributed by atoms with van der Waals surface area (Å²) >= 11 is 0. The molecule has 0 saturated heterocycles. The van der Waals surface area contributed by atoms with Gasteiger partial charge in [-0.2, -0.15) is 0 Å². The quantitative estimate of drug-likeness (QED) is 0.429. The molecule has 0 nitrogen and oxygen atoms in total. The predicted octanol–water partition coefficient (Wildman–Crippen LogP) is 5.81. The Morgan fingerprint density at radius 3 is 1.67 bits per heavy atom. The lowest BCUT2D eigenvalue weighted by Crippen LogP contribution is -2.02. The Balaban J connectivity index is 3.51. The molecule has 15 heavy (non-hydrogen) atoms. The maximum absolute atomic E-state index is 2.41. The van der Waals surface area contributed by atoms with Crippen LogP contribution in [0.3, 0.4) is 0 Å². The van der Waals surface area contributed by atoms with Gasteiger partial charge in [-0.25, -0.2) is 0 Å². The number of hydrogen-bond acceptors (Lipinski definition) is 0. The van der Waals surface area contributed by atoms with Crippen molar-refractivity contribution in [2.24, 2.45) is 11.8 Å². The van der Waals surface area contributed by atoms with Gasteiger partial charge in [-0.05, 0) is 11.8 Å². The van der Waals surface area contributed by atoms with Crippen LogP contribution in [-0.4, -0.2) is 0 Å². The highest BCUT2D eigenvalue weighted by molar-refractivity contribution is 4.60. The summed E-state index contributed by atoms with van der Waals surface area (Å²) in [5.41, 5.74) is 0. The van der Waals surface area contributed by atoms with E-state index in [1.807, 2.05) is 0 Å². The highest BCUT2D eigenvalue weighted by atomic mass is 14.1. The van der Waals surface area contributed by atoms with Crippen LogP contribution in [0.1, 0.15) is 85.5 Å². The Bertz CT molecular complexity index is 111. The van der Waals surface area contributed by atoms with Crippen molar-refractivity contribution in [3.63, 3.8) is 0 Å². The second-order valence-corrected chi connectivity index (χ2v) is 5.27. The molecule has 0 rings (SSSR count). The van der Waals surface area contributed by atoms with Crippen LogP contribution in [0, 0.1) is 11.8 Å². The first kappa shape index (κ1) is 15.0. The maximum atomic E-state index is 2.41. The van der Waals surface area contributed by atoms with Gasteiger partial charge in [0.15, 0.2) is 0 Å². The van der Waals surface area contributed by atoms with Gasteiger partial charge in [0.2, 0.25) is 0 Å². The van der Waals surface area contributed by atoms with E-state index in [1.54, 1.807) is 0 Å². The second-order valence-electron chi connectivity index (χ2n) is 5.27. The van der Waals surface area contributed by atoms with E-state index in [0.717, 1.165) is 11.8 Å². The van der Waals surface area contributed by atoms with Crippen molar-refractivity contribution in [1.29, 1.82) is 0 Å². The minimum atomic E-state index is 0.957. The first-order valence-corrected chi connectivity index (χ1v) is 7.24. The van der Waals surface area contributed by atoms with Crippen LogP contribution in [0.2, 0.25) is 0 Å². The Kier molecular flexibility index (Phi) is 10.5. The largest absolute Gasteiger partial charge is 0.0654 e. The van der Waals surface area contributed by atoms with E-state index in [1.165, 1.54) is 57.8 Å². The summed E-state index contributed by atoms with van der Waals surface area (Å²) in [6.07, 6.45) is 12.8. The lowest BCUT2D eigenvalue weighted by atomic mass is 9.90. The molecule has 0 heteroatoms. The minimum absolute atomic E-state index is 0.957. The molecule has 0 bridgehead atoms. The molecule has 0 heterocycles. The first-order valence-electron chi connectivity index (χ1n) is 7.24. The van der Waals surface area contributed by atoms with Gasteiger partial charge in [-0.3, -0.25) is 0 Å². The second kappa shape index (κ2) is 10.5. The molecule has 1 unspecified atom stereocenters. The van der Waals surface area contributed by atoms with Gasteiger partial charge in [0.1, 0.15) is 0 Å². The van der Waals surface area contributed by atoms with Crippen molar-refractivity contribution >= 4 is 0 Å². The van der Waals surface area contributed by atoms with Crippen LogP contribution in [0.25, 0.3) is 0 Å². The molecule has 1 atom stereocenters. The summed E-state index contributed by atoms with van der Waals surface area (Å²) < 4.78 is 0. The average Bonchev–Trinajstić information content (AvgIpc) is 2.19. The molecule has 0 aromatic heterocycles. The van der Waals surface area contributed by atoms with Crippen molar-refractivity contribution in [3.05, 3.63) is 0 Å². The Hall–Kier alpha value is 0. The molecule has 0 aromatic rings.